The van der Waals surface area contributed by atoms with E-state index in [0.717, 1.165) is 5.56 Å². The summed E-state index contributed by atoms with van der Waals surface area (Å²) >= 11 is 1.22. The Labute approximate surface area is 132 Å². The molecule has 0 bridgehead atoms. The average Bonchev–Trinajstić information content (AvgIpc) is 3.04. The molecular formula is C16H16N2O3S. The third-order valence-electron chi connectivity index (χ3n) is 2.96. The quantitative estimate of drug-likeness (QED) is 0.795. The van der Waals surface area contributed by atoms with Gasteiger partial charge in [0.25, 0.3) is 5.91 Å². The van der Waals surface area contributed by atoms with Crippen LogP contribution in [0.1, 0.15) is 33.3 Å². The Morgan fingerprint density at radius 1 is 1.36 bits per heavy atom. The van der Waals surface area contributed by atoms with Crippen LogP contribution >= 0.6 is 11.3 Å². The summed E-state index contributed by atoms with van der Waals surface area (Å²) in [6.07, 6.45) is 1.71. The van der Waals surface area contributed by atoms with E-state index < -0.39 is 5.97 Å². The van der Waals surface area contributed by atoms with Crippen molar-refractivity contribution in [3.05, 3.63) is 53.0 Å². The van der Waals surface area contributed by atoms with Crippen LogP contribution in [0.15, 0.2) is 36.2 Å². The van der Waals surface area contributed by atoms with Crippen molar-refractivity contribution in [1.29, 1.82) is 0 Å². The van der Waals surface area contributed by atoms with Gasteiger partial charge < -0.3 is 4.74 Å². The maximum atomic E-state index is 12.4. The maximum absolute atomic E-state index is 12.4. The van der Waals surface area contributed by atoms with Crippen molar-refractivity contribution in [3.8, 4) is 0 Å². The van der Waals surface area contributed by atoms with Crippen molar-refractivity contribution < 1.29 is 14.3 Å². The molecule has 1 heterocycles. The number of ether oxygens (including phenoxy) is 1. The molecular weight excluding hydrogens is 300 g/mol. The highest BCUT2D eigenvalue weighted by atomic mass is 32.1. The van der Waals surface area contributed by atoms with Gasteiger partial charge in [0.2, 0.25) is 0 Å². The summed E-state index contributed by atoms with van der Waals surface area (Å²) in [6.45, 7) is 5.69. The lowest BCUT2D eigenvalue weighted by molar-refractivity contribution is 0.0520. The normalized spacial score (nSPS) is 10.1. The molecule has 0 N–H and O–H groups in total. The van der Waals surface area contributed by atoms with E-state index in [2.05, 4.69) is 11.6 Å². The van der Waals surface area contributed by atoms with Crippen LogP contribution in [0.3, 0.4) is 0 Å². The van der Waals surface area contributed by atoms with Gasteiger partial charge in [-0.15, -0.1) is 11.3 Å². The molecule has 0 unspecified atom stereocenters. The lowest BCUT2D eigenvalue weighted by Gasteiger charge is -2.13. The van der Waals surface area contributed by atoms with Crippen LogP contribution in [-0.2, 0) is 4.74 Å². The Balaban J connectivity index is 2.16. The Morgan fingerprint density at radius 3 is 2.64 bits per heavy atom. The van der Waals surface area contributed by atoms with Gasteiger partial charge in [-0.1, -0.05) is 24.8 Å². The largest absolute Gasteiger partial charge is 0.461 e. The fourth-order valence-corrected chi connectivity index (χ4v) is 2.52. The molecule has 6 heteroatoms. The van der Waals surface area contributed by atoms with Gasteiger partial charge in [0, 0.05) is 18.0 Å². The predicted molar refractivity (Wildman–Crippen MR) is 87.3 cm³/mol. The number of aromatic nitrogens is 1. The number of thiazole rings is 1. The topological polar surface area (TPSA) is 59.5 Å². The number of benzene rings is 1. The van der Waals surface area contributed by atoms with Crippen molar-refractivity contribution >= 4 is 34.4 Å². The molecule has 0 atom stereocenters. The molecule has 5 nitrogen and oxygen atoms in total. The number of rotatable bonds is 5. The molecule has 1 aromatic carbocycles. The third kappa shape index (κ3) is 3.40. The predicted octanol–water partition coefficient (Wildman–Crippen LogP) is 3.24. The molecule has 22 heavy (non-hydrogen) atoms. The highest BCUT2D eigenvalue weighted by Crippen LogP contribution is 2.22. The zero-order chi connectivity index (χ0) is 16.1. The van der Waals surface area contributed by atoms with E-state index in [4.69, 9.17) is 4.74 Å². The second-order valence-electron chi connectivity index (χ2n) is 4.43. The van der Waals surface area contributed by atoms with Gasteiger partial charge in [-0.25, -0.2) is 9.78 Å². The molecule has 0 spiro atoms. The number of hydrogen-bond donors (Lipinski definition) is 0. The molecule has 0 saturated heterocycles. The van der Waals surface area contributed by atoms with Crippen molar-refractivity contribution in [2.75, 3.05) is 18.6 Å². The lowest BCUT2D eigenvalue weighted by Crippen LogP contribution is -2.26. The Kier molecular flexibility index (Phi) is 5.06. The molecule has 0 radical (unpaired) electrons. The highest BCUT2D eigenvalue weighted by Gasteiger charge is 2.19. The first kappa shape index (κ1) is 15.9. The van der Waals surface area contributed by atoms with E-state index in [-0.39, 0.29) is 18.2 Å². The number of hydrogen-bond acceptors (Lipinski definition) is 5. The Morgan fingerprint density at radius 2 is 2.05 bits per heavy atom. The summed E-state index contributed by atoms with van der Waals surface area (Å²) in [6, 6.07) is 7.10. The van der Waals surface area contributed by atoms with Crippen LogP contribution in [0.2, 0.25) is 0 Å². The van der Waals surface area contributed by atoms with E-state index in [9.17, 15) is 9.59 Å². The summed E-state index contributed by atoms with van der Waals surface area (Å²) in [5, 5.41) is 2.03. The van der Waals surface area contributed by atoms with Crippen molar-refractivity contribution in [3.63, 3.8) is 0 Å². The Bertz CT molecular complexity index is 692. The minimum absolute atomic E-state index is 0.194. The molecule has 2 aromatic rings. The number of esters is 1. The standard InChI is InChI=1S/C16H16N2O3S/c1-4-11-6-8-12(9-7-11)14(19)18(3)16-17-13(10-22-16)15(20)21-5-2/h4,6-10H,1,5H2,2-3H3. The fourth-order valence-electron chi connectivity index (χ4n) is 1.76. The van der Waals surface area contributed by atoms with Crippen LogP contribution in [-0.4, -0.2) is 30.5 Å². The summed E-state index contributed by atoms with van der Waals surface area (Å²) in [4.78, 5) is 29.6. The van der Waals surface area contributed by atoms with E-state index >= 15 is 0 Å². The first-order valence-corrected chi connectivity index (χ1v) is 7.58. The smallest absolute Gasteiger partial charge is 0.357 e. The number of carbonyl (C=O) groups excluding carboxylic acids is 2. The van der Waals surface area contributed by atoms with E-state index in [1.165, 1.54) is 16.2 Å². The number of nitrogens with zero attached hydrogens (tertiary/aromatic N) is 2. The van der Waals surface area contributed by atoms with E-state index in [0.29, 0.717) is 10.7 Å². The monoisotopic (exact) mass is 316 g/mol. The molecule has 2 rings (SSSR count). The van der Waals surface area contributed by atoms with Crippen LogP contribution in [0.4, 0.5) is 5.13 Å². The third-order valence-corrected chi connectivity index (χ3v) is 3.88. The number of amides is 1. The first-order valence-electron chi connectivity index (χ1n) is 6.70. The second-order valence-corrected chi connectivity index (χ2v) is 5.26. The summed E-state index contributed by atoms with van der Waals surface area (Å²) < 4.78 is 4.88. The van der Waals surface area contributed by atoms with Crippen molar-refractivity contribution in [2.24, 2.45) is 0 Å². The fraction of sp³-hybridized carbons (Fsp3) is 0.188. The van der Waals surface area contributed by atoms with Gasteiger partial charge in [-0.3, -0.25) is 9.69 Å². The zero-order valence-corrected chi connectivity index (χ0v) is 13.2. The molecule has 1 amide bonds. The summed E-state index contributed by atoms with van der Waals surface area (Å²) in [5.74, 6) is -0.679. The molecule has 1 aromatic heterocycles. The molecule has 0 aliphatic heterocycles. The van der Waals surface area contributed by atoms with Gasteiger partial charge in [-0.2, -0.15) is 0 Å². The maximum Gasteiger partial charge on any atom is 0.357 e. The van der Waals surface area contributed by atoms with Gasteiger partial charge in [0.05, 0.1) is 6.61 Å². The van der Waals surface area contributed by atoms with Gasteiger partial charge in [-0.05, 0) is 24.6 Å². The van der Waals surface area contributed by atoms with Crippen LogP contribution in [0.5, 0.6) is 0 Å². The van der Waals surface area contributed by atoms with Gasteiger partial charge >= 0.3 is 5.97 Å². The molecule has 0 aliphatic carbocycles. The van der Waals surface area contributed by atoms with Crippen LogP contribution in [0, 0.1) is 0 Å². The van der Waals surface area contributed by atoms with Crippen molar-refractivity contribution in [1.82, 2.24) is 4.98 Å². The van der Waals surface area contributed by atoms with E-state index in [1.807, 2.05) is 12.1 Å². The Hall–Kier alpha value is -2.47. The minimum atomic E-state index is -0.485. The molecule has 0 fully saturated rings. The minimum Gasteiger partial charge on any atom is -0.461 e. The number of carbonyl (C=O) groups is 2. The molecule has 114 valence electrons. The molecule has 0 saturated carbocycles. The zero-order valence-electron chi connectivity index (χ0n) is 12.4. The second kappa shape index (κ2) is 7.00. The van der Waals surface area contributed by atoms with Gasteiger partial charge in [0.1, 0.15) is 0 Å². The summed E-state index contributed by atoms with van der Waals surface area (Å²) in [7, 11) is 1.62. The highest BCUT2D eigenvalue weighted by molar-refractivity contribution is 7.14. The first-order chi connectivity index (χ1) is 10.6. The van der Waals surface area contributed by atoms with E-state index in [1.54, 1.807) is 37.6 Å². The van der Waals surface area contributed by atoms with Crippen molar-refractivity contribution in [2.45, 2.75) is 6.92 Å². The van der Waals surface area contributed by atoms with Crippen LogP contribution in [0.25, 0.3) is 6.08 Å². The van der Waals surface area contributed by atoms with Gasteiger partial charge in [0.15, 0.2) is 10.8 Å². The van der Waals surface area contributed by atoms with Crippen LogP contribution < -0.4 is 4.90 Å². The molecule has 0 aliphatic rings. The summed E-state index contributed by atoms with van der Waals surface area (Å²) in [5.41, 5.74) is 1.70. The average molecular weight is 316 g/mol. The lowest BCUT2D eigenvalue weighted by atomic mass is 10.1. The number of anilines is 1. The SMILES string of the molecule is C=Cc1ccc(C(=O)N(C)c2nc(C(=O)OCC)cs2)cc1.